The van der Waals surface area contributed by atoms with Gasteiger partial charge in [-0.1, -0.05) is 11.6 Å². The minimum absolute atomic E-state index is 0.0601. The first-order valence-electron chi connectivity index (χ1n) is 4.53. The Morgan fingerprint density at radius 1 is 1.31 bits per heavy atom. The Morgan fingerprint density at radius 2 is 2.19 bits per heavy atom. The highest BCUT2D eigenvalue weighted by atomic mass is 35.5. The van der Waals surface area contributed by atoms with Gasteiger partial charge in [-0.2, -0.15) is 4.98 Å². The largest absolute Gasteiger partial charge is 0.367 e. The number of halogens is 2. The summed E-state index contributed by atoms with van der Waals surface area (Å²) in [5.74, 6) is 1.31. The number of anilines is 1. The molecule has 0 amide bonds. The number of hydrogen-bond donors (Lipinski definition) is 2. The first kappa shape index (κ1) is 11.1. The molecule has 0 aliphatic rings. The number of hydrogen-bond acceptors (Lipinski definition) is 5. The van der Waals surface area contributed by atoms with Gasteiger partial charge in [0, 0.05) is 25.4 Å². The van der Waals surface area contributed by atoms with Gasteiger partial charge in [-0.15, -0.1) is 10.2 Å². The van der Waals surface area contributed by atoms with E-state index < -0.39 is 0 Å². The second-order valence-corrected chi connectivity index (χ2v) is 3.63. The van der Waals surface area contributed by atoms with Gasteiger partial charge in [-0.05, 0) is 11.6 Å². The molecular formula is C8H8Cl2N6. The fourth-order valence-corrected chi connectivity index (χ4v) is 1.41. The van der Waals surface area contributed by atoms with E-state index in [4.69, 9.17) is 23.2 Å². The van der Waals surface area contributed by atoms with Crippen LogP contribution in [0.3, 0.4) is 0 Å². The van der Waals surface area contributed by atoms with Gasteiger partial charge < -0.3 is 10.3 Å². The molecule has 2 rings (SSSR count). The van der Waals surface area contributed by atoms with Crippen LogP contribution in [0.4, 0.5) is 5.82 Å². The first-order valence-corrected chi connectivity index (χ1v) is 5.29. The summed E-state index contributed by atoms with van der Waals surface area (Å²) in [5, 5.41) is 10.4. The molecule has 0 fully saturated rings. The third kappa shape index (κ3) is 2.80. The van der Waals surface area contributed by atoms with E-state index >= 15 is 0 Å². The van der Waals surface area contributed by atoms with Gasteiger partial charge in [-0.3, -0.25) is 0 Å². The minimum Gasteiger partial charge on any atom is -0.367 e. The van der Waals surface area contributed by atoms with Crippen LogP contribution < -0.4 is 5.32 Å². The van der Waals surface area contributed by atoms with Gasteiger partial charge in [0.05, 0.1) is 0 Å². The van der Waals surface area contributed by atoms with Crippen LogP contribution in [-0.4, -0.2) is 31.7 Å². The predicted octanol–water partition coefficient (Wildman–Crippen LogP) is 1.56. The number of imidazole rings is 1. The molecule has 0 aliphatic carbocycles. The van der Waals surface area contributed by atoms with Crippen molar-refractivity contribution in [3.8, 4) is 0 Å². The summed E-state index contributed by atoms with van der Waals surface area (Å²) in [4.78, 5) is 11.0. The van der Waals surface area contributed by atoms with Gasteiger partial charge in [0.25, 0.3) is 0 Å². The molecule has 0 spiro atoms. The third-order valence-corrected chi connectivity index (χ3v) is 2.24. The maximum Gasteiger partial charge on any atom is 0.245 e. The van der Waals surface area contributed by atoms with Crippen molar-refractivity contribution in [3.05, 3.63) is 28.7 Å². The van der Waals surface area contributed by atoms with E-state index in [1.807, 2.05) is 0 Å². The molecule has 0 atom stereocenters. The summed E-state index contributed by atoms with van der Waals surface area (Å²) < 4.78 is 0. The van der Waals surface area contributed by atoms with Crippen molar-refractivity contribution < 1.29 is 0 Å². The van der Waals surface area contributed by atoms with E-state index in [1.54, 1.807) is 12.4 Å². The first-order chi connectivity index (χ1) is 7.75. The molecule has 84 valence electrons. The second kappa shape index (κ2) is 5.09. The third-order valence-electron chi connectivity index (χ3n) is 1.83. The number of nitrogens with zero attached hydrogens (tertiary/aromatic N) is 4. The van der Waals surface area contributed by atoms with Gasteiger partial charge in [0.15, 0.2) is 11.0 Å². The van der Waals surface area contributed by atoms with Crippen LogP contribution >= 0.6 is 23.2 Å². The van der Waals surface area contributed by atoms with Crippen LogP contribution in [-0.2, 0) is 6.42 Å². The number of H-pyrrole nitrogens is 1. The summed E-state index contributed by atoms with van der Waals surface area (Å²) in [6.45, 7) is 0.627. The average Bonchev–Trinajstić information content (AvgIpc) is 2.76. The van der Waals surface area contributed by atoms with Crippen LogP contribution in [0.1, 0.15) is 5.82 Å². The van der Waals surface area contributed by atoms with E-state index in [9.17, 15) is 0 Å². The highest BCUT2D eigenvalue weighted by molar-refractivity contribution is 6.32. The summed E-state index contributed by atoms with van der Waals surface area (Å²) in [6, 6.07) is 0. The Morgan fingerprint density at radius 3 is 2.94 bits per heavy atom. The molecule has 0 unspecified atom stereocenters. The Labute approximate surface area is 101 Å². The zero-order valence-corrected chi connectivity index (χ0v) is 9.63. The van der Waals surface area contributed by atoms with Crippen molar-refractivity contribution >= 4 is 29.0 Å². The fourth-order valence-electron chi connectivity index (χ4n) is 1.14. The lowest BCUT2D eigenvalue weighted by atomic mass is 10.4. The smallest absolute Gasteiger partial charge is 0.245 e. The summed E-state index contributed by atoms with van der Waals surface area (Å²) in [7, 11) is 0. The quantitative estimate of drug-likeness (QED) is 0.870. The van der Waals surface area contributed by atoms with Crippen LogP contribution in [0.25, 0.3) is 0 Å². The summed E-state index contributed by atoms with van der Waals surface area (Å²) in [5.41, 5.74) is 0. The van der Waals surface area contributed by atoms with Gasteiger partial charge >= 0.3 is 0 Å². The number of aromatic nitrogens is 5. The SMILES string of the molecule is Clc1nnc(Cl)c(NCCc2ncc[nH]2)n1. The second-order valence-electron chi connectivity index (χ2n) is 2.93. The molecule has 16 heavy (non-hydrogen) atoms. The van der Waals surface area contributed by atoms with E-state index in [0.29, 0.717) is 12.4 Å². The molecule has 0 saturated carbocycles. The molecule has 8 heteroatoms. The van der Waals surface area contributed by atoms with Crippen molar-refractivity contribution in [2.45, 2.75) is 6.42 Å². The molecular weight excluding hydrogens is 251 g/mol. The molecule has 2 heterocycles. The lowest BCUT2D eigenvalue weighted by Crippen LogP contribution is -2.09. The van der Waals surface area contributed by atoms with E-state index in [1.165, 1.54) is 0 Å². The molecule has 0 bridgehead atoms. The summed E-state index contributed by atoms with van der Waals surface area (Å²) in [6.07, 6.45) is 4.20. The lowest BCUT2D eigenvalue weighted by Gasteiger charge is -2.04. The van der Waals surface area contributed by atoms with Crippen molar-refractivity contribution in [2.24, 2.45) is 0 Å². The highest BCUT2D eigenvalue weighted by Crippen LogP contribution is 2.16. The molecule has 2 aromatic heterocycles. The number of rotatable bonds is 4. The molecule has 2 aromatic rings. The zero-order chi connectivity index (χ0) is 11.4. The Bertz CT molecular complexity index is 458. The van der Waals surface area contributed by atoms with Crippen LogP contribution in [0, 0.1) is 0 Å². The number of aromatic amines is 1. The topological polar surface area (TPSA) is 79.4 Å². The van der Waals surface area contributed by atoms with E-state index in [0.717, 1.165) is 12.2 Å². The monoisotopic (exact) mass is 258 g/mol. The predicted molar refractivity (Wildman–Crippen MR) is 60.6 cm³/mol. The highest BCUT2D eigenvalue weighted by Gasteiger charge is 2.05. The molecule has 0 radical (unpaired) electrons. The van der Waals surface area contributed by atoms with Crippen molar-refractivity contribution in [1.29, 1.82) is 0 Å². The van der Waals surface area contributed by atoms with Crippen LogP contribution in [0.2, 0.25) is 10.4 Å². The van der Waals surface area contributed by atoms with Gasteiger partial charge in [0.1, 0.15) is 5.82 Å². The fraction of sp³-hybridized carbons (Fsp3) is 0.250. The van der Waals surface area contributed by atoms with Crippen LogP contribution in [0.5, 0.6) is 0 Å². The lowest BCUT2D eigenvalue weighted by molar-refractivity contribution is 0.906. The standard InChI is InChI=1S/C8H8Cl2N6/c9-6-7(14-8(10)16-15-6)13-2-1-5-11-3-4-12-5/h3-4H,1-2H2,(H,11,12)(H,13,14,16). The van der Waals surface area contributed by atoms with Crippen molar-refractivity contribution in [3.63, 3.8) is 0 Å². The maximum atomic E-state index is 5.78. The zero-order valence-electron chi connectivity index (χ0n) is 8.11. The van der Waals surface area contributed by atoms with E-state index in [2.05, 4.69) is 30.5 Å². The minimum atomic E-state index is 0.0601. The molecule has 6 nitrogen and oxygen atoms in total. The van der Waals surface area contributed by atoms with Crippen molar-refractivity contribution in [1.82, 2.24) is 25.1 Å². The Hall–Kier alpha value is -1.40. The van der Waals surface area contributed by atoms with Crippen LogP contribution in [0.15, 0.2) is 12.4 Å². The molecule has 0 saturated heterocycles. The Kier molecular flexibility index (Phi) is 3.53. The average molecular weight is 259 g/mol. The van der Waals surface area contributed by atoms with E-state index in [-0.39, 0.29) is 10.4 Å². The summed E-state index contributed by atoms with van der Waals surface area (Å²) >= 11 is 11.4. The molecule has 0 aromatic carbocycles. The number of nitrogens with one attached hydrogen (secondary N) is 2. The van der Waals surface area contributed by atoms with Gasteiger partial charge in [0.2, 0.25) is 5.28 Å². The van der Waals surface area contributed by atoms with Gasteiger partial charge in [-0.25, -0.2) is 4.98 Å². The maximum absolute atomic E-state index is 5.78. The Balaban J connectivity index is 1.92. The van der Waals surface area contributed by atoms with Crippen molar-refractivity contribution in [2.75, 3.05) is 11.9 Å². The molecule has 0 aliphatic heterocycles. The molecule has 2 N–H and O–H groups in total. The normalized spacial score (nSPS) is 10.4.